The van der Waals surface area contributed by atoms with Gasteiger partial charge in [0.1, 0.15) is 11.5 Å². The Hall–Kier alpha value is -0.140. The lowest BCUT2D eigenvalue weighted by molar-refractivity contribution is -0.125. The molecule has 8 heteroatoms. The molecule has 0 radical (unpaired) electrons. The van der Waals surface area contributed by atoms with Crippen LogP contribution in [0.1, 0.15) is 19.3 Å². The molecule has 5 unspecified atom stereocenters. The van der Waals surface area contributed by atoms with E-state index in [9.17, 15) is 9.18 Å². The highest BCUT2D eigenvalue weighted by atomic mass is 35.5. The largest absolute Gasteiger partial charge is 0.300 e. The normalized spacial score (nSPS) is 40.8. The van der Waals surface area contributed by atoms with Gasteiger partial charge in [0.05, 0.1) is 0 Å². The van der Waals surface area contributed by atoms with Crippen LogP contribution in [-0.4, -0.2) is 77.9 Å². The summed E-state index contributed by atoms with van der Waals surface area (Å²) in [5.74, 6) is -0.0529. The number of hydrogen-bond acceptors (Lipinski definition) is 4. The second-order valence-corrected chi connectivity index (χ2v) is 7.95. The molecule has 2 saturated heterocycles. The minimum atomic E-state index is -0.775. The van der Waals surface area contributed by atoms with Crippen LogP contribution in [-0.2, 0) is 4.79 Å². The highest BCUT2D eigenvalue weighted by Crippen LogP contribution is 2.31. The van der Waals surface area contributed by atoms with Crippen LogP contribution in [0.15, 0.2) is 0 Å². The monoisotopic (exact) mass is 366 g/mol. The third kappa shape index (κ3) is 4.28. The van der Waals surface area contributed by atoms with E-state index < -0.39 is 11.5 Å². The Balaban J connectivity index is 1.46. The van der Waals surface area contributed by atoms with Crippen molar-refractivity contribution in [1.29, 1.82) is 0 Å². The molecule has 3 fully saturated rings. The molecule has 1 aliphatic carbocycles. The molecule has 23 heavy (non-hydrogen) atoms. The summed E-state index contributed by atoms with van der Waals surface area (Å²) in [5, 5.41) is -0.513. The quantitative estimate of drug-likeness (QED) is 0.730. The lowest BCUT2D eigenvalue weighted by Gasteiger charge is -2.43. The van der Waals surface area contributed by atoms with E-state index in [2.05, 4.69) is 20.7 Å². The third-order valence-corrected chi connectivity index (χ3v) is 6.21. The van der Waals surface area contributed by atoms with Crippen LogP contribution in [0, 0.1) is 5.92 Å². The minimum absolute atomic E-state index is 0.00343. The molecule has 2 aliphatic heterocycles. The molecule has 132 valence electrons. The molecule has 3 aliphatic rings. The van der Waals surface area contributed by atoms with Crippen LogP contribution in [0.3, 0.4) is 0 Å². The van der Waals surface area contributed by atoms with E-state index in [1.54, 1.807) is 0 Å². The van der Waals surface area contributed by atoms with Gasteiger partial charge in [0.15, 0.2) is 0 Å². The molecule has 0 spiro atoms. The van der Waals surface area contributed by atoms with Crippen molar-refractivity contribution in [2.24, 2.45) is 5.92 Å². The molecule has 1 amide bonds. The zero-order valence-corrected chi connectivity index (χ0v) is 14.7. The third-order valence-electron chi connectivity index (χ3n) is 5.32. The SMILES string of the molecule is O=C1NNCC(N2CCN(CC3CCC(Cl)CC3F)CC2)C1Cl. The highest BCUT2D eigenvalue weighted by Gasteiger charge is 2.37. The Morgan fingerprint density at radius 2 is 1.91 bits per heavy atom. The summed E-state index contributed by atoms with van der Waals surface area (Å²) < 4.78 is 14.1. The average molecular weight is 367 g/mol. The molecular weight excluding hydrogens is 342 g/mol. The van der Waals surface area contributed by atoms with Gasteiger partial charge in [-0.1, -0.05) is 0 Å². The standard InChI is InChI=1S/C15H25Cl2FN4O/c16-11-2-1-10(12(18)7-11)9-21-3-5-22(6-4-21)13-8-19-20-15(23)14(13)17/h10-14,19H,1-9H2,(H,20,23). The summed E-state index contributed by atoms with van der Waals surface area (Å²) in [4.78, 5) is 16.2. The number of nitrogens with one attached hydrogen (secondary N) is 2. The summed E-state index contributed by atoms with van der Waals surface area (Å²) >= 11 is 12.3. The van der Waals surface area contributed by atoms with Crippen molar-refractivity contribution < 1.29 is 9.18 Å². The van der Waals surface area contributed by atoms with Crippen molar-refractivity contribution in [2.45, 2.75) is 42.2 Å². The van der Waals surface area contributed by atoms with E-state index in [0.29, 0.717) is 13.0 Å². The summed E-state index contributed by atoms with van der Waals surface area (Å²) in [5.41, 5.74) is 5.46. The number of alkyl halides is 3. The minimum Gasteiger partial charge on any atom is -0.300 e. The number of carbonyl (C=O) groups is 1. The zero-order chi connectivity index (χ0) is 16.4. The maximum atomic E-state index is 14.1. The van der Waals surface area contributed by atoms with Gasteiger partial charge in [0.2, 0.25) is 0 Å². The molecule has 0 aromatic carbocycles. The summed E-state index contributed by atoms with van der Waals surface area (Å²) in [6.07, 6.45) is 1.51. The van der Waals surface area contributed by atoms with Crippen LogP contribution < -0.4 is 10.9 Å². The van der Waals surface area contributed by atoms with Gasteiger partial charge in [0.25, 0.3) is 5.91 Å². The van der Waals surface area contributed by atoms with E-state index in [0.717, 1.165) is 45.6 Å². The predicted octanol–water partition coefficient (Wildman–Crippen LogP) is 0.960. The van der Waals surface area contributed by atoms with Gasteiger partial charge in [0, 0.05) is 56.6 Å². The topological polar surface area (TPSA) is 47.6 Å². The van der Waals surface area contributed by atoms with Crippen molar-refractivity contribution >= 4 is 29.1 Å². The first-order chi connectivity index (χ1) is 11.0. The lowest BCUT2D eigenvalue weighted by Crippen LogP contribution is -2.64. The number of carbonyl (C=O) groups excluding carboxylic acids is 1. The van der Waals surface area contributed by atoms with Gasteiger partial charge in [-0.05, 0) is 19.3 Å². The predicted molar refractivity (Wildman–Crippen MR) is 89.5 cm³/mol. The molecule has 5 nitrogen and oxygen atoms in total. The van der Waals surface area contributed by atoms with E-state index in [1.807, 2.05) is 0 Å². The molecule has 2 N–H and O–H groups in total. The van der Waals surface area contributed by atoms with Crippen LogP contribution in [0.25, 0.3) is 0 Å². The molecule has 3 rings (SSSR count). The fourth-order valence-electron chi connectivity index (χ4n) is 3.85. The number of hydrogen-bond donors (Lipinski definition) is 2. The number of halogens is 3. The summed E-state index contributed by atoms with van der Waals surface area (Å²) in [7, 11) is 0. The number of piperazine rings is 1. The van der Waals surface area contributed by atoms with Gasteiger partial charge < -0.3 is 4.90 Å². The second kappa shape index (κ2) is 7.83. The van der Waals surface area contributed by atoms with Crippen LogP contribution in [0.5, 0.6) is 0 Å². The van der Waals surface area contributed by atoms with Crippen LogP contribution >= 0.6 is 23.2 Å². The molecule has 5 atom stereocenters. The van der Waals surface area contributed by atoms with Crippen molar-refractivity contribution in [3.8, 4) is 0 Å². The first kappa shape index (κ1) is 17.7. The van der Waals surface area contributed by atoms with Crippen molar-refractivity contribution in [2.75, 3.05) is 39.3 Å². The zero-order valence-electron chi connectivity index (χ0n) is 13.2. The number of rotatable bonds is 3. The first-order valence-electron chi connectivity index (χ1n) is 8.46. The fourth-order valence-corrected chi connectivity index (χ4v) is 4.45. The molecular formula is C15H25Cl2FN4O. The van der Waals surface area contributed by atoms with Crippen LogP contribution in [0.2, 0.25) is 0 Å². The first-order valence-corrected chi connectivity index (χ1v) is 9.33. The molecule has 0 bridgehead atoms. The Morgan fingerprint density at radius 1 is 1.17 bits per heavy atom. The molecule has 0 aromatic heterocycles. The Kier molecular flexibility index (Phi) is 6.02. The highest BCUT2D eigenvalue weighted by molar-refractivity contribution is 6.31. The maximum Gasteiger partial charge on any atom is 0.253 e. The Morgan fingerprint density at radius 3 is 2.61 bits per heavy atom. The maximum absolute atomic E-state index is 14.1. The van der Waals surface area contributed by atoms with Crippen molar-refractivity contribution in [3.05, 3.63) is 0 Å². The van der Waals surface area contributed by atoms with E-state index in [4.69, 9.17) is 23.2 Å². The Bertz CT molecular complexity index is 422. The van der Waals surface area contributed by atoms with Gasteiger partial charge >= 0.3 is 0 Å². The van der Waals surface area contributed by atoms with E-state index in [-0.39, 0.29) is 23.2 Å². The average Bonchev–Trinajstić information content (AvgIpc) is 2.54. The van der Waals surface area contributed by atoms with E-state index >= 15 is 0 Å². The second-order valence-electron chi connectivity index (χ2n) is 6.86. The van der Waals surface area contributed by atoms with E-state index in [1.165, 1.54) is 0 Å². The van der Waals surface area contributed by atoms with Gasteiger partial charge in [-0.15, -0.1) is 23.2 Å². The molecule has 2 heterocycles. The molecule has 1 saturated carbocycles. The Labute approximate surface area is 146 Å². The van der Waals surface area contributed by atoms with Crippen molar-refractivity contribution in [3.63, 3.8) is 0 Å². The van der Waals surface area contributed by atoms with Crippen molar-refractivity contribution in [1.82, 2.24) is 20.7 Å². The summed E-state index contributed by atoms with van der Waals surface area (Å²) in [6, 6.07) is 0.0215. The van der Waals surface area contributed by atoms with Crippen LogP contribution in [0.4, 0.5) is 4.39 Å². The number of hydrazine groups is 1. The smallest absolute Gasteiger partial charge is 0.253 e. The number of nitrogens with zero attached hydrogens (tertiary/aromatic N) is 2. The van der Waals surface area contributed by atoms with Gasteiger partial charge in [-0.2, -0.15) is 0 Å². The summed E-state index contributed by atoms with van der Waals surface area (Å²) in [6.45, 7) is 5.00. The van der Waals surface area contributed by atoms with Gasteiger partial charge in [-0.25, -0.2) is 9.82 Å². The lowest BCUT2D eigenvalue weighted by atomic mass is 9.86. The van der Waals surface area contributed by atoms with Gasteiger partial charge in [-0.3, -0.25) is 15.1 Å². The fraction of sp³-hybridized carbons (Fsp3) is 0.933. The molecule has 0 aromatic rings. The number of amides is 1.